The van der Waals surface area contributed by atoms with Crippen LogP contribution in [0.15, 0.2) is 72.0 Å². The van der Waals surface area contributed by atoms with Gasteiger partial charge in [0.1, 0.15) is 5.82 Å². The summed E-state index contributed by atoms with van der Waals surface area (Å²) in [6.45, 7) is 2.14. The van der Waals surface area contributed by atoms with Gasteiger partial charge in [-0.15, -0.1) is 24.0 Å². The van der Waals surface area contributed by atoms with Crippen LogP contribution in [0.2, 0.25) is 0 Å². The second kappa shape index (κ2) is 12.4. The predicted molar refractivity (Wildman–Crippen MR) is 143 cm³/mol. The van der Waals surface area contributed by atoms with Crippen LogP contribution in [-0.2, 0) is 24.3 Å². The molecule has 1 aliphatic heterocycles. The maximum atomic E-state index is 12.1. The van der Waals surface area contributed by atoms with Gasteiger partial charge >= 0.3 is 0 Å². The number of carbonyl (C=O) groups excluding carboxylic acids is 1. The minimum Gasteiger partial charge on any atom is -0.356 e. The van der Waals surface area contributed by atoms with Crippen molar-refractivity contribution in [2.75, 3.05) is 18.9 Å². The lowest BCUT2D eigenvalue weighted by molar-refractivity contribution is -0.116. The number of benzene rings is 2. The second-order valence-electron chi connectivity index (χ2n) is 7.97. The molecule has 1 aromatic heterocycles. The van der Waals surface area contributed by atoms with Crippen molar-refractivity contribution in [1.29, 1.82) is 0 Å². The van der Waals surface area contributed by atoms with E-state index in [2.05, 4.69) is 60.8 Å². The number of hydrogen-bond acceptors (Lipinski definition) is 3. The van der Waals surface area contributed by atoms with Crippen LogP contribution in [-0.4, -0.2) is 35.0 Å². The zero-order valence-corrected chi connectivity index (χ0v) is 21.2. The molecule has 0 fully saturated rings. The molecule has 0 spiro atoms. The number of guanidine groups is 1. The monoisotopic (exact) mass is 558 g/mol. The Morgan fingerprint density at radius 3 is 2.76 bits per heavy atom. The molecule has 0 radical (unpaired) electrons. The molecule has 174 valence electrons. The van der Waals surface area contributed by atoms with E-state index in [-0.39, 0.29) is 35.8 Å². The molecule has 8 heteroatoms. The Morgan fingerprint density at radius 2 is 1.94 bits per heavy atom. The fraction of sp³-hybridized carbons (Fsp3) is 0.320. The first kappa shape index (κ1) is 24.8. The number of imidazole rings is 1. The Morgan fingerprint density at radius 1 is 1.15 bits per heavy atom. The summed E-state index contributed by atoms with van der Waals surface area (Å²) in [5.74, 6) is 1.84. The zero-order valence-electron chi connectivity index (χ0n) is 18.8. The lowest BCUT2D eigenvalue weighted by Crippen LogP contribution is -2.40. The van der Waals surface area contributed by atoms with Crippen LogP contribution < -0.4 is 16.0 Å². The van der Waals surface area contributed by atoms with Gasteiger partial charge in [-0.1, -0.05) is 48.5 Å². The van der Waals surface area contributed by atoms with Crippen molar-refractivity contribution in [3.8, 4) is 0 Å². The largest absolute Gasteiger partial charge is 0.356 e. The molecule has 3 aromatic rings. The number of anilines is 1. The summed E-state index contributed by atoms with van der Waals surface area (Å²) in [5, 5.41) is 9.66. The first-order valence-corrected chi connectivity index (χ1v) is 11.1. The van der Waals surface area contributed by atoms with Gasteiger partial charge in [-0.3, -0.25) is 9.79 Å². The minimum absolute atomic E-state index is 0. The third-order valence-electron chi connectivity index (χ3n) is 5.77. The Balaban J connectivity index is 0.00000306. The van der Waals surface area contributed by atoms with Gasteiger partial charge in [-0.25, -0.2) is 4.98 Å². The van der Waals surface area contributed by atoms with Gasteiger partial charge < -0.3 is 20.5 Å². The maximum Gasteiger partial charge on any atom is 0.225 e. The van der Waals surface area contributed by atoms with Gasteiger partial charge in [-0.05, 0) is 30.0 Å². The lowest BCUT2D eigenvalue weighted by Gasteiger charge is -2.26. The van der Waals surface area contributed by atoms with E-state index >= 15 is 0 Å². The highest BCUT2D eigenvalue weighted by molar-refractivity contribution is 14.0. The van der Waals surface area contributed by atoms with Crippen molar-refractivity contribution >= 4 is 41.5 Å². The van der Waals surface area contributed by atoms with Crippen LogP contribution >= 0.6 is 24.0 Å². The van der Waals surface area contributed by atoms with Gasteiger partial charge in [0, 0.05) is 50.6 Å². The molecule has 0 bridgehead atoms. The number of aryl methyl sites for hydroxylation is 2. The molecule has 7 nitrogen and oxygen atoms in total. The second-order valence-corrected chi connectivity index (χ2v) is 7.97. The number of rotatable bonds is 8. The van der Waals surface area contributed by atoms with Crippen molar-refractivity contribution in [3.63, 3.8) is 0 Å². The van der Waals surface area contributed by atoms with Crippen LogP contribution in [0.1, 0.15) is 35.7 Å². The average molecular weight is 558 g/mol. The van der Waals surface area contributed by atoms with Gasteiger partial charge in [0.25, 0.3) is 0 Å². The summed E-state index contributed by atoms with van der Waals surface area (Å²) in [7, 11) is 1.75. The minimum atomic E-state index is 0. The number of nitrogens with zero attached hydrogens (tertiary/aromatic N) is 3. The van der Waals surface area contributed by atoms with E-state index in [1.165, 1.54) is 5.56 Å². The van der Waals surface area contributed by atoms with Gasteiger partial charge in [-0.2, -0.15) is 0 Å². The van der Waals surface area contributed by atoms with E-state index in [0.29, 0.717) is 25.5 Å². The third-order valence-corrected chi connectivity index (χ3v) is 5.77. The van der Waals surface area contributed by atoms with Crippen LogP contribution in [0.5, 0.6) is 0 Å². The summed E-state index contributed by atoms with van der Waals surface area (Å²) < 4.78 is 2.19. The third kappa shape index (κ3) is 6.80. The Kier molecular flexibility index (Phi) is 9.29. The number of para-hydroxylation sites is 1. The van der Waals surface area contributed by atoms with E-state index in [1.54, 1.807) is 7.05 Å². The van der Waals surface area contributed by atoms with E-state index in [4.69, 9.17) is 0 Å². The molecule has 1 atom stereocenters. The topological polar surface area (TPSA) is 83.3 Å². The molecule has 0 saturated carbocycles. The van der Waals surface area contributed by atoms with E-state index in [9.17, 15) is 4.79 Å². The van der Waals surface area contributed by atoms with Gasteiger partial charge in [0.2, 0.25) is 5.91 Å². The molecule has 0 saturated heterocycles. The standard InChI is InChI=1S/C25H30N6O.HI/c1-26-25(28-17-20-16-24(32)30-22-12-6-5-11-21(20)22)29-18-23-27-13-15-31(23)14-7-10-19-8-3-2-4-9-19;/h2-6,8-9,11-13,15,20H,7,10,14,16-18H2,1H3,(H,30,32)(H2,26,28,29);1H. The molecule has 1 amide bonds. The summed E-state index contributed by atoms with van der Waals surface area (Å²) >= 11 is 0. The molecular formula is C25H31IN6O. The highest BCUT2D eigenvalue weighted by Gasteiger charge is 2.24. The van der Waals surface area contributed by atoms with Crippen molar-refractivity contribution in [3.05, 3.63) is 83.9 Å². The number of carbonyl (C=O) groups is 1. The number of halogens is 1. The summed E-state index contributed by atoms with van der Waals surface area (Å²) in [6.07, 6.45) is 6.44. The molecule has 2 heterocycles. The van der Waals surface area contributed by atoms with Crippen LogP contribution in [0, 0.1) is 0 Å². The molecule has 33 heavy (non-hydrogen) atoms. The molecule has 4 rings (SSSR count). The fourth-order valence-electron chi connectivity index (χ4n) is 4.10. The Hall–Kier alpha value is -2.88. The lowest BCUT2D eigenvalue weighted by atomic mass is 9.90. The number of amides is 1. The number of aromatic nitrogens is 2. The first-order valence-electron chi connectivity index (χ1n) is 11.1. The number of hydrogen-bond donors (Lipinski definition) is 3. The molecule has 1 aliphatic rings. The highest BCUT2D eigenvalue weighted by Crippen LogP contribution is 2.31. The Bertz CT molecular complexity index is 1070. The predicted octanol–water partition coefficient (Wildman–Crippen LogP) is 3.92. The number of fused-ring (bicyclic) bond motifs is 1. The fourth-order valence-corrected chi connectivity index (χ4v) is 4.10. The molecular weight excluding hydrogens is 527 g/mol. The molecule has 2 aromatic carbocycles. The SMILES string of the molecule is CN=C(NCc1nccn1CCCc1ccccc1)NCC1CC(=O)Nc2ccccc21.I. The van der Waals surface area contributed by atoms with Crippen LogP contribution in [0.3, 0.4) is 0 Å². The molecule has 3 N–H and O–H groups in total. The summed E-state index contributed by atoms with van der Waals surface area (Å²) in [6, 6.07) is 18.5. The zero-order chi connectivity index (χ0) is 22.2. The van der Waals surface area contributed by atoms with Crippen molar-refractivity contribution in [2.45, 2.75) is 38.3 Å². The molecule has 1 unspecified atom stereocenters. The Labute approximate surface area is 212 Å². The van der Waals surface area contributed by atoms with Gasteiger partial charge in [0.05, 0.1) is 6.54 Å². The van der Waals surface area contributed by atoms with E-state index in [1.807, 2.05) is 36.7 Å². The summed E-state index contributed by atoms with van der Waals surface area (Å²) in [4.78, 5) is 20.9. The van der Waals surface area contributed by atoms with Gasteiger partial charge in [0.15, 0.2) is 5.96 Å². The van der Waals surface area contributed by atoms with Crippen molar-refractivity contribution in [1.82, 2.24) is 20.2 Å². The van der Waals surface area contributed by atoms with Crippen LogP contribution in [0.4, 0.5) is 5.69 Å². The average Bonchev–Trinajstić information content (AvgIpc) is 3.27. The number of nitrogens with one attached hydrogen (secondary N) is 3. The van der Waals surface area contributed by atoms with Crippen LogP contribution in [0.25, 0.3) is 0 Å². The number of aliphatic imine (C=N–C) groups is 1. The normalized spacial score (nSPS) is 15.2. The first-order chi connectivity index (χ1) is 15.7. The quantitative estimate of drug-likeness (QED) is 0.222. The van der Waals surface area contributed by atoms with E-state index in [0.717, 1.165) is 36.5 Å². The maximum absolute atomic E-state index is 12.1. The van der Waals surface area contributed by atoms with E-state index < -0.39 is 0 Å². The van der Waals surface area contributed by atoms with Crippen molar-refractivity contribution < 1.29 is 4.79 Å². The molecule has 0 aliphatic carbocycles. The smallest absolute Gasteiger partial charge is 0.225 e. The highest BCUT2D eigenvalue weighted by atomic mass is 127. The van der Waals surface area contributed by atoms with Crippen molar-refractivity contribution in [2.24, 2.45) is 4.99 Å². The summed E-state index contributed by atoms with van der Waals surface area (Å²) in [5.41, 5.74) is 3.41.